The van der Waals surface area contributed by atoms with E-state index < -0.39 is 0 Å². The molecule has 10 heteroatoms. The van der Waals surface area contributed by atoms with Crippen LogP contribution in [0.5, 0.6) is 17.2 Å². The lowest BCUT2D eigenvalue weighted by atomic mass is 10.1. The lowest BCUT2D eigenvalue weighted by molar-refractivity contribution is 0.261. The Morgan fingerprint density at radius 3 is 2.19 bits per heavy atom. The highest BCUT2D eigenvalue weighted by molar-refractivity contribution is 6.41. The Bertz CT molecular complexity index is 1390. The fourth-order valence-electron chi connectivity index (χ4n) is 3.77. The van der Waals surface area contributed by atoms with Gasteiger partial charge in [0.2, 0.25) is 0 Å². The van der Waals surface area contributed by atoms with Gasteiger partial charge in [-0.1, -0.05) is 23.2 Å². The average molecular weight is 542 g/mol. The van der Waals surface area contributed by atoms with Crippen LogP contribution in [-0.2, 0) is 0 Å². The number of halogens is 2. The third-order valence-corrected chi connectivity index (χ3v) is 6.51. The number of anilines is 3. The number of pyridine rings is 2. The third kappa shape index (κ3) is 5.93. The van der Waals surface area contributed by atoms with Crippen LogP contribution in [-0.4, -0.2) is 63.4 Å². The topological polar surface area (TPSA) is 80.8 Å². The fourth-order valence-corrected chi connectivity index (χ4v) is 4.46. The van der Waals surface area contributed by atoms with Gasteiger partial charge in [0.1, 0.15) is 29.7 Å². The Balaban J connectivity index is 1.61. The van der Waals surface area contributed by atoms with Crippen LogP contribution in [0, 0.1) is 0 Å². The predicted molar refractivity (Wildman–Crippen MR) is 151 cm³/mol. The van der Waals surface area contributed by atoms with Gasteiger partial charge in [-0.3, -0.25) is 4.98 Å². The number of nitrogens with one attached hydrogen (secondary N) is 2. The molecule has 0 saturated heterocycles. The summed E-state index contributed by atoms with van der Waals surface area (Å²) in [6.45, 7) is 1.46. The standard InChI is InChI=1S/C27H29Cl2N5O3/c1-30-20-12-18(37-9-8-34(2)3)6-7-19(20)33-24-11-17-14-31-21(10-16(17)15-32-24)25-26(28)22(35-4)13-23(36-5)27(25)29/h6-7,10-15,30H,8-9H2,1-5H3,(H,32,33). The molecule has 0 fully saturated rings. The molecule has 2 N–H and O–H groups in total. The van der Waals surface area contributed by atoms with Gasteiger partial charge in [0, 0.05) is 54.5 Å². The molecule has 2 heterocycles. The summed E-state index contributed by atoms with van der Waals surface area (Å²) in [5.74, 6) is 2.38. The van der Waals surface area contributed by atoms with Gasteiger partial charge in [-0.2, -0.15) is 0 Å². The smallest absolute Gasteiger partial charge is 0.141 e. The van der Waals surface area contributed by atoms with E-state index in [0.29, 0.717) is 45.2 Å². The summed E-state index contributed by atoms with van der Waals surface area (Å²) in [6, 6.07) is 11.3. The van der Waals surface area contributed by atoms with Gasteiger partial charge in [-0.25, -0.2) is 4.98 Å². The van der Waals surface area contributed by atoms with Crippen molar-refractivity contribution in [2.45, 2.75) is 0 Å². The Labute approximate surface area is 226 Å². The molecule has 4 aromatic rings. The molecular weight excluding hydrogens is 513 g/mol. The van der Waals surface area contributed by atoms with Crippen LogP contribution in [0.25, 0.3) is 22.0 Å². The number of hydrogen-bond acceptors (Lipinski definition) is 8. The number of aromatic nitrogens is 2. The van der Waals surface area contributed by atoms with Crippen molar-refractivity contribution in [3.63, 3.8) is 0 Å². The number of rotatable bonds is 10. The highest BCUT2D eigenvalue weighted by Crippen LogP contribution is 2.45. The molecule has 0 aliphatic heterocycles. The quantitative estimate of drug-likeness (QED) is 0.240. The van der Waals surface area contributed by atoms with Gasteiger partial charge in [-0.05, 0) is 38.4 Å². The second-order valence-electron chi connectivity index (χ2n) is 8.50. The van der Waals surface area contributed by atoms with Crippen LogP contribution in [0.4, 0.5) is 17.2 Å². The zero-order chi connectivity index (χ0) is 26.5. The van der Waals surface area contributed by atoms with E-state index in [1.807, 2.05) is 51.5 Å². The maximum Gasteiger partial charge on any atom is 0.141 e. The van der Waals surface area contributed by atoms with Crippen molar-refractivity contribution in [2.24, 2.45) is 0 Å². The van der Waals surface area contributed by atoms with Crippen LogP contribution in [0.2, 0.25) is 10.0 Å². The fraction of sp³-hybridized carbons (Fsp3) is 0.259. The van der Waals surface area contributed by atoms with E-state index in [-0.39, 0.29) is 0 Å². The number of nitrogens with zero attached hydrogens (tertiary/aromatic N) is 3. The number of hydrogen-bond donors (Lipinski definition) is 2. The molecule has 8 nitrogen and oxygen atoms in total. The largest absolute Gasteiger partial charge is 0.495 e. The third-order valence-electron chi connectivity index (χ3n) is 5.76. The first-order chi connectivity index (χ1) is 17.8. The minimum Gasteiger partial charge on any atom is -0.495 e. The van der Waals surface area contributed by atoms with Crippen molar-refractivity contribution in [1.82, 2.24) is 14.9 Å². The summed E-state index contributed by atoms with van der Waals surface area (Å²) in [7, 11) is 8.98. The molecule has 0 radical (unpaired) electrons. The SMILES string of the molecule is CNc1cc(OCCN(C)C)ccc1Nc1cc2cnc(-c3c(Cl)c(OC)cc(OC)c3Cl)cc2cn1. The number of likely N-dealkylation sites (N-methyl/N-ethyl adjacent to an activating group) is 1. The van der Waals surface area contributed by atoms with Crippen LogP contribution < -0.4 is 24.8 Å². The minimum atomic E-state index is 0.361. The summed E-state index contributed by atoms with van der Waals surface area (Å²) in [5, 5.41) is 9.08. The lowest BCUT2D eigenvalue weighted by Crippen LogP contribution is -2.19. The number of ether oxygens (including phenoxy) is 3. The van der Waals surface area contributed by atoms with Crippen LogP contribution in [0.15, 0.2) is 48.8 Å². The second-order valence-corrected chi connectivity index (χ2v) is 9.26. The molecule has 37 heavy (non-hydrogen) atoms. The normalized spacial score (nSPS) is 11.0. The maximum atomic E-state index is 6.58. The van der Waals surface area contributed by atoms with E-state index in [9.17, 15) is 0 Å². The predicted octanol–water partition coefficient (Wildman–Crippen LogP) is 6.35. The zero-order valence-electron chi connectivity index (χ0n) is 21.4. The molecule has 0 atom stereocenters. The average Bonchev–Trinajstić information content (AvgIpc) is 2.89. The molecule has 4 rings (SSSR count). The van der Waals surface area contributed by atoms with E-state index in [1.54, 1.807) is 18.5 Å². The van der Waals surface area contributed by atoms with Gasteiger partial charge in [0.25, 0.3) is 0 Å². The van der Waals surface area contributed by atoms with E-state index >= 15 is 0 Å². The molecule has 2 aromatic carbocycles. The molecule has 0 unspecified atom stereocenters. The van der Waals surface area contributed by atoms with Gasteiger partial charge in [0.15, 0.2) is 0 Å². The van der Waals surface area contributed by atoms with Crippen LogP contribution >= 0.6 is 23.2 Å². The molecule has 2 aromatic heterocycles. The van der Waals surface area contributed by atoms with Gasteiger partial charge in [-0.15, -0.1) is 0 Å². The first kappa shape index (κ1) is 26.6. The highest BCUT2D eigenvalue weighted by atomic mass is 35.5. The molecule has 0 bridgehead atoms. The summed E-state index contributed by atoms with van der Waals surface area (Å²) in [5.41, 5.74) is 2.90. The Morgan fingerprint density at radius 1 is 0.865 bits per heavy atom. The van der Waals surface area contributed by atoms with Crippen molar-refractivity contribution < 1.29 is 14.2 Å². The first-order valence-electron chi connectivity index (χ1n) is 11.6. The molecule has 0 aliphatic rings. The molecule has 0 spiro atoms. The van der Waals surface area contributed by atoms with Gasteiger partial charge in [0.05, 0.1) is 41.3 Å². The van der Waals surface area contributed by atoms with E-state index in [4.69, 9.17) is 37.4 Å². The Hall–Kier alpha value is -3.46. The minimum absolute atomic E-state index is 0.361. The zero-order valence-corrected chi connectivity index (χ0v) is 22.9. The Kier molecular flexibility index (Phi) is 8.43. The monoisotopic (exact) mass is 541 g/mol. The summed E-state index contributed by atoms with van der Waals surface area (Å²) in [4.78, 5) is 11.3. The number of methoxy groups -OCH3 is 2. The summed E-state index contributed by atoms with van der Waals surface area (Å²) >= 11 is 13.2. The Morgan fingerprint density at radius 2 is 1.54 bits per heavy atom. The van der Waals surface area contributed by atoms with E-state index in [1.165, 1.54) is 14.2 Å². The van der Waals surface area contributed by atoms with Crippen LogP contribution in [0.1, 0.15) is 0 Å². The van der Waals surface area contributed by atoms with Crippen molar-refractivity contribution in [3.05, 3.63) is 58.8 Å². The van der Waals surface area contributed by atoms with Crippen molar-refractivity contribution >= 4 is 51.2 Å². The van der Waals surface area contributed by atoms with Crippen molar-refractivity contribution in [3.8, 4) is 28.5 Å². The van der Waals surface area contributed by atoms with Crippen molar-refractivity contribution in [1.29, 1.82) is 0 Å². The first-order valence-corrected chi connectivity index (χ1v) is 12.3. The number of fused-ring (bicyclic) bond motifs is 1. The number of benzene rings is 2. The van der Waals surface area contributed by atoms with Gasteiger partial charge >= 0.3 is 0 Å². The summed E-state index contributed by atoms with van der Waals surface area (Å²) in [6.07, 6.45) is 3.54. The lowest BCUT2D eigenvalue weighted by Gasteiger charge is -2.16. The second kappa shape index (κ2) is 11.7. The highest BCUT2D eigenvalue weighted by Gasteiger charge is 2.20. The van der Waals surface area contributed by atoms with Crippen LogP contribution in [0.3, 0.4) is 0 Å². The molecule has 0 amide bonds. The molecular formula is C27H29Cl2N5O3. The van der Waals surface area contributed by atoms with E-state index in [2.05, 4.69) is 25.5 Å². The molecule has 0 aliphatic carbocycles. The summed E-state index contributed by atoms with van der Waals surface area (Å²) < 4.78 is 16.6. The van der Waals surface area contributed by atoms with E-state index in [0.717, 1.165) is 34.4 Å². The van der Waals surface area contributed by atoms with Crippen molar-refractivity contribution in [2.75, 3.05) is 59.1 Å². The van der Waals surface area contributed by atoms with Gasteiger partial charge < -0.3 is 29.7 Å². The molecule has 0 saturated carbocycles. The maximum absolute atomic E-state index is 6.58. The molecule has 194 valence electrons.